The molecule has 0 aromatic rings. The van der Waals surface area contributed by atoms with E-state index in [2.05, 4.69) is 6.92 Å². The maximum Gasteiger partial charge on any atom is 0.301 e. The molecule has 2 saturated carbocycles. The number of allylic oxidation sites excluding steroid dienone is 1. The Morgan fingerprint density at radius 1 is 0.760 bits per heavy atom. The minimum absolute atomic E-state index is 0.416. The topological polar surface area (TPSA) is 9.23 Å². The summed E-state index contributed by atoms with van der Waals surface area (Å²) in [5, 5.41) is 0. The van der Waals surface area contributed by atoms with Gasteiger partial charge in [-0.05, 0) is 69.6 Å². The third kappa shape index (κ3) is 6.96. The van der Waals surface area contributed by atoms with Crippen LogP contribution in [-0.2, 0) is 4.74 Å². The van der Waals surface area contributed by atoms with Gasteiger partial charge in [0.1, 0.15) is 0 Å². The highest BCUT2D eigenvalue weighted by Crippen LogP contribution is 2.43. The third-order valence-corrected chi connectivity index (χ3v) is 6.30. The molecular formula is C21H35F3O. The summed E-state index contributed by atoms with van der Waals surface area (Å²) in [6.45, 7) is 3.12. The Labute approximate surface area is 151 Å². The largest absolute Gasteiger partial charge is 0.378 e. The van der Waals surface area contributed by atoms with Gasteiger partial charge in [-0.3, -0.25) is 0 Å². The fourth-order valence-corrected chi connectivity index (χ4v) is 4.68. The zero-order valence-electron chi connectivity index (χ0n) is 15.8. The van der Waals surface area contributed by atoms with Crippen molar-refractivity contribution >= 4 is 0 Å². The summed E-state index contributed by atoms with van der Waals surface area (Å²) >= 11 is 0. The van der Waals surface area contributed by atoms with Crippen molar-refractivity contribution in [2.45, 2.75) is 96.5 Å². The lowest BCUT2D eigenvalue weighted by Crippen LogP contribution is -2.29. The first-order chi connectivity index (χ1) is 12.1. The van der Waals surface area contributed by atoms with Gasteiger partial charge in [0.25, 0.3) is 0 Å². The molecule has 0 aliphatic heterocycles. The van der Waals surface area contributed by atoms with E-state index in [9.17, 15) is 13.2 Å². The first-order valence-corrected chi connectivity index (χ1v) is 10.4. The number of rotatable bonds is 9. The van der Waals surface area contributed by atoms with Crippen LogP contribution in [0.3, 0.4) is 0 Å². The van der Waals surface area contributed by atoms with Crippen LogP contribution in [0.15, 0.2) is 11.9 Å². The quantitative estimate of drug-likeness (QED) is 0.389. The number of hydrogen-bond donors (Lipinski definition) is 0. The van der Waals surface area contributed by atoms with E-state index in [-0.39, 0.29) is 0 Å². The number of halogens is 3. The van der Waals surface area contributed by atoms with Crippen molar-refractivity contribution < 1.29 is 17.9 Å². The fourth-order valence-electron chi connectivity index (χ4n) is 4.68. The van der Waals surface area contributed by atoms with E-state index in [0.717, 1.165) is 32.3 Å². The van der Waals surface area contributed by atoms with Gasteiger partial charge in [-0.25, -0.2) is 4.39 Å². The van der Waals surface area contributed by atoms with E-state index in [4.69, 9.17) is 4.74 Å². The zero-order valence-corrected chi connectivity index (χ0v) is 15.8. The highest BCUT2D eigenvalue weighted by atomic mass is 19.3. The highest BCUT2D eigenvalue weighted by molar-refractivity contribution is 5.00. The van der Waals surface area contributed by atoms with Crippen molar-refractivity contribution in [1.82, 2.24) is 0 Å². The van der Waals surface area contributed by atoms with Crippen molar-refractivity contribution in [3.63, 3.8) is 0 Å². The Morgan fingerprint density at radius 2 is 1.32 bits per heavy atom. The highest BCUT2D eigenvalue weighted by Gasteiger charge is 2.33. The van der Waals surface area contributed by atoms with Crippen LogP contribution in [0.5, 0.6) is 0 Å². The molecule has 0 radical (unpaired) electrons. The van der Waals surface area contributed by atoms with Crippen LogP contribution in [-0.4, -0.2) is 12.7 Å². The normalized spacial score (nSPS) is 30.2. The van der Waals surface area contributed by atoms with Crippen LogP contribution in [0.1, 0.15) is 90.4 Å². The second-order valence-corrected chi connectivity index (χ2v) is 8.04. The minimum Gasteiger partial charge on any atom is -0.378 e. The Kier molecular flexibility index (Phi) is 9.36. The molecule has 0 spiro atoms. The molecular weight excluding hydrogens is 325 g/mol. The lowest BCUT2D eigenvalue weighted by Gasteiger charge is -2.37. The average molecular weight is 361 g/mol. The standard InChI is InChI=1S/C21H35F3O/c1-2-3-4-5-6-15-25-19-13-11-17(12-14-19)16-7-9-18(10-8-16)20(22)21(23)24/h16-19H,2-15H2,1H3. The van der Waals surface area contributed by atoms with Crippen LogP contribution >= 0.6 is 0 Å². The molecule has 0 atom stereocenters. The second kappa shape index (κ2) is 11.3. The molecule has 0 N–H and O–H groups in total. The number of unbranched alkanes of at least 4 members (excludes halogenated alkanes) is 4. The Bertz CT molecular complexity index is 390. The summed E-state index contributed by atoms with van der Waals surface area (Å²) in [5.74, 6) is -0.405. The maximum atomic E-state index is 13.4. The predicted octanol–water partition coefficient (Wildman–Crippen LogP) is 7.42. The van der Waals surface area contributed by atoms with Gasteiger partial charge in [-0.15, -0.1) is 0 Å². The van der Waals surface area contributed by atoms with Crippen molar-refractivity contribution in [2.75, 3.05) is 6.61 Å². The van der Waals surface area contributed by atoms with Crippen LogP contribution < -0.4 is 0 Å². The summed E-state index contributed by atoms with van der Waals surface area (Å²) < 4.78 is 44.2. The van der Waals surface area contributed by atoms with E-state index < -0.39 is 17.8 Å². The summed E-state index contributed by atoms with van der Waals surface area (Å²) in [6, 6.07) is 0. The number of ether oxygens (including phenoxy) is 1. The molecule has 0 bridgehead atoms. The van der Waals surface area contributed by atoms with Gasteiger partial charge in [0, 0.05) is 12.5 Å². The van der Waals surface area contributed by atoms with Gasteiger partial charge in [0.15, 0.2) is 5.83 Å². The van der Waals surface area contributed by atoms with Crippen molar-refractivity contribution in [2.24, 2.45) is 17.8 Å². The van der Waals surface area contributed by atoms with Crippen molar-refractivity contribution in [3.8, 4) is 0 Å². The third-order valence-electron chi connectivity index (χ3n) is 6.30. The number of hydrogen-bond acceptors (Lipinski definition) is 1. The molecule has 2 rings (SSSR count). The van der Waals surface area contributed by atoms with Crippen LogP contribution in [0.2, 0.25) is 0 Å². The van der Waals surface area contributed by atoms with Gasteiger partial charge in [-0.1, -0.05) is 32.6 Å². The molecule has 0 unspecified atom stereocenters. The van der Waals surface area contributed by atoms with Gasteiger partial charge in [0.2, 0.25) is 0 Å². The lowest BCUT2D eigenvalue weighted by atomic mass is 9.70. The van der Waals surface area contributed by atoms with Crippen LogP contribution in [0.4, 0.5) is 13.2 Å². The molecule has 2 fully saturated rings. The summed E-state index contributed by atoms with van der Waals surface area (Å²) in [7, 11) is 0. The minimum atomic E-state index is -2.11. The molecule has 0 amide bonds. The zero-order chi connectivity index (χ0) is 18.1. The van der Waals surface area contributed by atoms with Gasteiger partial charge in [0.05, 0.1) is 6.10 Å². The summed E-state index contributed by atoms with van der Waals surface area (Å²) in [4.78, 5) is 0. The molecule has 4 heteroatoms. The molecule has 0 aromatic heterocycles. The van der Waals surface area contributed by atoms with Crippen molar-refractivity contribution in [3.05, 3.63) is 11.9 Å². The maximum absolute atomic E-state index is 13.4. The molecule has 2 aliphatic carbocycles. The Morgan fingerprint density at radius 3 is 1.88 bits per heavy atom. The van der Waals surface area contributed by atoms with E-state index >= 15 is 0 Å². The monoisotopic (exact) mass is 360 g/mol. The second-order valence-electron chi connectivity index (χ2n) is 8.04. The fraction of sp³-hybridized carbons (Fsp3) is 0.905. The van der Waals surface area contributed by atoms with E-state index in [1.54, 1.807) is 0 Å². The molecule has 25 heavy (non-hydrogen) atoms. The average Bonchev–Trinajstić information content (AvgIpc) is 2.64. The molecule has 0 aromatic carbocycles. The van der Waals surface area contributed by atoms with Gasteiger partial charge >= 0.3 is 6.08 Å². The SMILES string of the molecule is CCCCCCCOC1CCC(C2CCC(C(F)=C(F)F)CC2)CC1. The molecule has 2 aliphatic rings. The smallest absolute Gasteiger partial charge is 0.301 e. The van der Waals surface area contributed by atoms with E-state index in [1.807, 2.05) is 0 Å². The predicted molar refractivity (Wildman–Crippen MR) is 96.3 cm³/mol. The van der Waals surface area contributed by atoms with E-state index in [1.165, 1.54) is 44.9 Å². The first-order valence-electron chi connectivity index (χ1n) is 10.4. The molecule has 0 heterocycles. The lowest BCUT2D eigenvalue weighted by molar-refractivity contribution is 0.00553. The van der Waals surface area contributed by atoms with Crippen molar-refractivity contribution in [1.29, 1.82) is 0 Å². The Hall–Kier alpha value is -0.510. The van der Waals surface area contributed by atoms with Crippen LogP contribution in [0, 0.1) is 17.8 Å². The van der Waals surface area contributed by atoms with E-state index in [0.29, 0.717) is 30.8 Å². The van der Waals surface area contributed by atoms with Crippen LogP contribution in [0.25, 0.3) is 0 Å². The molecule has 1 nitrogen and oxygen atoms in total. The summed E-state index contributed by atoms with van der Waals surface area (Å²) in [5.41, 5.74) is 0. The summed E-state index contributed by atoms with van der Waals surface area (Å²) in [6.07, 6.45) is 12.3. The molecule has 146 valence electrons. The Balaban J connectivity index is 1.59. The van der Waals surface area contributed by atoms with Gasteiger partial charge < -0.3 is 4.74 Å². The first kappa shape index (κ1) is 20.8. The molecule has 0 saturated heterocycles. The van der Waals surface area contributed by atoms with Gasteiger partial charge in [-0.2, -0.15) is 8.78 Å².